The van der Waals surface area contributed by atoms with Gasteiger partial charge < -0.3 is 28.4 Å². The van der Waals surface area contributed by atoms with Gasteiger partial charge in [-0.15, -0.1) is 0 Å². The molecule has 6 heteroatoms. The Morgan fingerprint density at radius 2 is 0.923 bits per heavy atom. The smallest absolute Gasteiger partial charge is 0.203 e. The van der Waals surface area contributed by atoms with Crippen molar-refractivity contribution in [3.63, 3.8) is 0 Å². The van der Waals surface area contributed by atoms with Crippen molar-refractivity contribution in [2.24, 2.45) is 0 Å². The maximum absolute atomic E-state index is 6.24. The van der Waals surface area contributed by atoms with E-state index >= 15 is 0 Å². The van der Waals surface area contributed by atoms with Crippen LogP contribution < -0.4 is 28.4 Å². The number of rotatable bonds is 13. The van der Waals surface area contributed by atoms with Gasteiger partial charge in [-0.05, 0) is 96.5 Å². The minimum absolute atomic E-state index is 0.594. The third-order valence-electron chi connectivity index (χ3n) is 6.62. The Balaban J connectivity index is 1.42. The van der Waals surface area contributed by atoms with Crippen LogP contribution in [-0.2, 0) is 25.7 Å². The number of hydrogen-bond acceptors (Lipinski definition) is 6. The monoisotopic (exact) mass is 528 g/mol. The van der Waals surface area contributed by atoms with Crippen LogP contribution in [0.1, 0.15) is 22.3 Å². The molecule has 4 aromatic carbocycles. The first-order valence-corrected chi connectivity index (χ1v) is 12.9. The summed E-state index contributed by atoms with van der Waals surface area (Å²) in [5, 5.41) is 0. The molecule has 0 aliphatic heterocycles. The summed E-state index contributed by atoms with van der Waals surface area (Å²) < 4.78 is 33.7. The summed E-state index contributed by atoms with van der Waals surface area (Å²) >= 11 is 0. The van der Waals surface area contributed by atoms with E-state index in [0.717, 1.165) is 48.3 Å². The number of benzene rings is 4. The van der Waals surface area contributed by atoms with Crippen LogP contribution in [0.4, 0.5) is 0 Å². The molecule has 0 saturated heterocycles. The Morgan fingerprint density at radius 3 is 1.49 bits per heavy atom. The van der Waals surface area contributed by atoms with Crippen molar-refractivity contribution < 1.29 is 28.4 Å². The van der Waals surface area contributed by atoms with E-state index in [-0.39, 0.29) is 0 Å². The molecule has 0 radical (unpaired) electrons. The van der Waals surface area contributed by atoms with E-state index in [0.29, 0.717) is 28.7 Å². The van der Waals surface area contributed by atoms with Gasteiger partial charge in [-0.2, -0.15) is 0 Å². The highest BCUT2D eigenvalue weighted by Crippen LogP contribution is 2.39. The van der Waals surface area contributed by atoms with Crippen LogP contribution in [0.15, 0.2) is 78.9 Å². The highest BCUT2D eigenvalue weighted by Gasteiger charge is 2.14. The number of methoxy groups -OCH3 is 5. The van der Waals surface area contributed by atoms with E-state index in [1.165, 1.54) is 11.1 Å². The van der Waals surface area contributed by atoms with Gasteiger partial charge >= 0.3 is 0 Å². The lowest BCUT2D eigenvalue weighted by Crippen LogP contribution is -1.99. The number of ether oxygens (including phenoxy) is 6. The third-order valence-corrected chi connectivity index (χ3v) is 6.62. The Morgan fingerprint density at radius 1 is 0.410 bits per heavy atom. The van der Waals surface area contributed by atoms with Crippen molar-refractivity contribution in [2.75, 3.05) is 35.5 Å². The number of aryl methyl sites for hydroxylation is 4. The zero-order valence-electron chi connectivity index (χ0n) is 23.3. The van der Waals surface area contributed by atoms with E-state index in [4.69, 9.17) is 28.4 Å². The molecule has 0 aromatic heterocycles. The van der Waals surface area contributed by atoms with Gasteiger partial charge in [-0.1, -0.05) is 30.3 Å². The van der Waals surface area contributed by atoms with Crippen molar-refractivity contribution in [1.29, 1.82) is 0 Å². The predicted molar refractivity (Wildman–Crippen MR) is 153 cm³/mol. The molecule has 0 aliphatic carbocycles. The minimum Gasteiger partial charge on any atom is -0.497 e. The van der Waals surface area contributed by atoms with Crippen LogP contribution in [0.5, 0.6) is 40.2 Å². The van der Waals surface area contributed by atoms with Crippen LogP contribution in [0, 0.1) is 0 Å². The Labute approximate surface area is 231 Å². The maximum Gasteiger partial charge on any atom is 0.203 e. The Hall–Kier alpha value is -4.32. The van der Waals surface area contributed by atoms with Crippen molar-refractivity contribution in [2.45, 2.75) is 25.7 Å². The molecule has 0 atom stereocenters. The Kier molecular flexibility index (Phi) is 9.57. The zero-order valence-corrected chi connectivity index (χ0v) is 23.3. The molecule has 0 heterocycles. The van der Waals surface area contributed by atoms with E-state index in [2.05, 4.69) is 30.3 Å². The summed E-state index contributed by atoms with van der Waals surface area (Å²) in [5.41, 5.74) is 4.68. The van der Waals surface area contributed by atoms with Gasteiger partial charge in [0.05, 0.1) is 35.5 Å². The molecule has 0 aliphatic rings. The van der Waals surface area contributed by atoms with Crippen molar-refractivity contribution in [3.8, 4) is 40.2 Å². The molecule has 0 bridgehead atoms. The second-order valence-corrected chi connectivity index (χ2v) is 9.12. The average molecular weight is 529 g/mol. The molecule has 0 amide bonds. The lowest BCUT2D eigenvalue weighted by atomic mass is 10.0. The normalized spacial score (nSPS) is 10.6. The highest BCUT2D eigenvalue weighted by atomic mass is 16.5. The molecule has 0 spiro atoms. The molecule has 4 rings (SSSR count). The molecule has 39 heavy (non-hydrogen) atoms. The van der Waals surface area contributed by atoms with Gasteiger partial charge in [-0.3, -0.25) is 0 Å². The lowest BCUT2D eigenvalue weighted by molar-refractivity contribution is 0.324. The fourth-order valence-corrected chi connectivity index (χ4v) is 4.53. The summed E-state index contributed by atoms with van der Waals surface area (Å²) in [4.78, 5) is 0. The first-order valence-electron chi connectivity index (χ1n) is 12.9. The molecular formula is C33H36O6. The van der Waals surface area contributed by atoms with Gasteiger partial charge in [0.25, 0.3) is 0 Å². The van der Waals surface area contributed by atoms with Crippen molar-refractivity contribution in [1.82, 2.24) is 0 Å². The minimum atomic E-state index is 0.594. The third kappa shape index (κ3) is 7.17. The summed E-state index contributed by atoms with van der Waals surface area (Å²) in [7, 11) is 8.21. The van der Waals surface area contributed by atoms with E-state index in [1.807, 2.05) is 48.5 Å². The lowest BCUT2D eigenvalue weighted by Gasteiger charge is -2.15. The van der Waals surface area contributed by atoms with Gasteiger partial charge in [-0.25, -0.2) is 0 Å². The van der Waals surface area contributed by atoms with Crippen LogP contribution in [0.25, 0.3) is 0 Å². The molecule has 4 aromatic rings. The summed E-state index contributed by atoms with van der Waals surface area (Å²) in [6, 6.07) is 26.4. The van der Waals surface area contributed by atoms with Crippen molar-refractivity contribution >= 4 is 0 Å². The summed E-state index contributed by atoms with van der Waals surface area (Å²) in [5.74, 6) is 4.93. The molecule has 204 valence electrons. The van der Waals surface area contributed by atoms with Crippen molar-refractivity contribution in [3.05, 3.63) is 101 Å². The molecular weight excluding hydrogens is 492 g/mol. The standard InChI is InChI=1S/C33H36O6/c1-34-27-10-6-8-23(18-27)12-13-24-9-7-11-28(19-24)39-29-17-16-25(20-30(29)35-2)14-15-26-21-31(36-3)33(38-5)32(22-26)37-4/h6-11,16-22H,12-15H2,1-5H3. The fraction of sp³-hybridized carbons (Fsp3) is 0.273. The fourth-order valence-electron chi connectivity index (χ4n) is 4.53. The summed E-state index contributed by atoms with van der Waals surface area (Å²) in [6.07, 6.45) is 3.44. The largest absolute Gasteiger partial charge is 0.497 e. The quantitative estimate of drug-likeness (QED) is 0.185. The molecule has 6 nitrogen and oxygen atoms in total. The second kappa shape index (κ2) is 13.5. The van der Waals surface area contributed by atoms with Crippen LogP contribution >= 0.6 is 0 Å². The zero-order chi connectivity index (χ0) is 27.6. The Bertz CT molecular complexity index is 1360. The van der Waals surface area contributed by atoms with E-state index < -0.39 is 0 Å². The molecule has 0 unspecified atom stereocenters. The highest BCUT2D eigenvalue weighted by molar-refractivity contribution is 5.54. The van der Waals surface area contributed by atoms with Crippen LogP contribution in [0.3, 0.4) is 0 Å². The van der Waals surface area contributed by atoms with Gasteiger partial charge in [0.1, 0.15) is 11.5 Å². The first kappa shape index (κ1) is 27.7. The summed E-state index contributed by atoms with van der Waals surface area (Å²) in [6.45, 7) is 0. The average Bonchev–Trinajstić information content (AvgIpc) is 2.99. The molecule has 0 saturated carbocycles. The molecule has 0 fully saturated rings. The molecule has 0 N–H and O–H groups in total. The number of hydrogen-bond donors (Lipinski definition) is 0. The van der Waals surface area contributed by atoms with Gasteiger partial charge in [0.15, 0.2) is 23.0 Å². The maximum atomic E-state index is 6.24. The SMILES string of the molecule is COc1cccc(CCc2cccc(Oc3ccc(CCc4cc(OC)c(OC)c(OC)c4)cc3OC)c2)c1. The van der Waals surface area contributed by atoms with Gasteiger partial charge in [0.2, 0.25) is 5.75 Å². The van der Waals surface area contributed by atoms with Crippen LogP contribution in [0.2, 0.25) is 0 Å². The van der Waals surface area contributed by atoms with E-state index in [1.54, 1.807) is 35.5 Å². The van der Waals surface area contributed by atoms with E-state index in [9.17, 15) is 0 Å². The topological polar surface area (TPSA) is 55.4 Å². The second-order valence-electron chi connectivity index (χ2n) is 9.12. The predicted octanol–water partition coefficient (Wildman–Crippen LogP) is 7.09. The first-order chi connectivity index (χ1) is 19.1. The van der Waals surface area contributed by atoms with Crippen LogP contribution in [-0.4, -0.2) is 35.5 Å². The van der Waals surface area contributed by atoms with Gasteiger partial charge in [0, 0.05) is 0 Å².